The van der Waals surface area contributed by atoms with Crippen molar-refractivity contribution in [2.45, 2.75) is 25.4 Å². The van der Waals surface area contributed by atoms with Gasteiger partial charge in [0, 0.05) is 12.5 Å². The van der Waals surface area contributed by atoms with Crippen LogP contribution in [0, 0.1) is 23.4 Å². The summed E-state index contributed by atoms with van der Waals surface area (Å²) < 4.78 is 39.7. The molecule has 6 heteroatoms. The average molecular weight is 273 g/mol. The molecule has 0 bridgehead atoms. The third-order valence-electron chi connectivity index (χ3n) is 3.41. The Labute approximate surface area is 108 Å². The van der Waals surface area contributed by atoms with Crippen molar-refractivity contribution >= 4 is 5.91 Å². The lowest BCUT2D eigenvalue weighted by Gasteiger charge is -2.15. The van der Waals surface area contributed by atoms with Crippen LogP contribution in [0.1, 0.15) is 29.6 Å². The number of aliphatic hydroxyl groups is 1. The molecule has 1 aromatic rings. The lowest BCUT2D eigenvalue weighted by atomic mass is 10.1. The second-order valence-electron chi connectivity index (χ2n) is 4.69. The highest BCUT2D eigenvalue weighted by Gasteiger charge is 2.27. The van der Waals surface area contributed by atoms with Crippen molar-refractivity contribution in [1.29, 1.82) is 0 Å². The fraction of sp³-hybridized carbons (Fsp3) is 0.462. The molecule has 3 nitrogen and oxygen atoms in total. The van der Waals surface area contributed by atoms with E-state index in [0.717, 1.165) is 12.8 Å². The zero-order valence-corrected chi connectivity index (χ0v) is 10.1. The molecule has 1 amide bonds. The molecule has 2 unspecified atom stereocenters. The van der Waals surface area contributed by atoms with Gasteiger partial charge in [-0.3, -0.25) is 4.79 Å². The first-order valence-electron chi connectivity index (χ1n) is 6.10. The summed E-state index contributed by atoms with van der Waals surface area (Å²) in [6, 6.07) is 1.33. The fourth-order valence-electron chi connectivity index (χ4n) is 2.30. The molecule has 19 heavy (non-hydrogen) atoms. The highest BCUT2D eigenvalue weighted by molar-refractivity contribution is 5.94. The van der Waals surface area contributed by atoms with Crippen LogP contribution >= 0.6 is 0 Å². The summed E-state index contributed by atoms with van der Waals surface area (Å²) in [5, 5.41) is 11.9. The van der Waals surface area contributed by atoms with Gasteiger partial charge in [0.2, 0.25) is 0 Å². The predicted octanol–water partition coefficient (Wildman–Crippen LogP) is 1.99. The van der Waals surface area contributed by atoms with E-state index in [1.165, 1.54) is 0 Å². The van der Waals surface area contributed by atoms with E-state index in [1.807, 2.05) is 0 Å². The smallest absolute Gasteiger partial charge is 0.257 e. The SMILES string of the molecule is O=C(NCC1CCCC1O)c1c(F)ccc(F)c1F. The second-order valence-corrected chi connectivity index (χ2v) is 4.69. The highest BCUT2D eigenvalue weighted by Crippen LogP contribution is 2.25. The van der Waals surface area contributed by atoms with Gasteiger partial charge in [-0.25, -0.2) is 13.2 Å². The molecule has 1 fully saturated rings. The molecule has 1 aromatic carbocycles. The fourth-order valence-corrected chi connectivity index (χ4v) is 2.30. The quantitative estimate of drug-likeness (QED) is 0.827. The summed E-state index contributed by atoms with van der Waals surface area (Å²) in [6.07, 6.45) is 1.74. The van der Waals surface area contributed by atoms with E-state index >= 15 is 0 Å². The van der Waals surface area contributed by atoms with Crippen LogP contribution < -0.4 is 5.32 Å². The summed E-state index contributed by atoms with van der Waals surface area (Å²) >= 11 is 0. The third kappa shape index (κ3) is 2.89. The van der Waals surface area contributed by atoms with Gasteiger partial charge in [-0.15, -0.1) is 0 Å². The first-order chi connectivity index (χ1) is 9.00. The molecule has 0 heterocycles. The Balaban J connectivity index is 2.06. The Morgan fingerprint density at radius 3 is 2.58 bits per heavy atom. The van der Waals surface area contributed by atoms with Crippen LogP contribution in [0.4, 0.5) is 13.2 Å². The Bertz CT molecular complexity index is 493. The molecular formula is C13H14F3NO2. The average Bonchev–Trinajstić information content (AvgIpc) is 2.77. The van der Waals surface area contributed by atoms with Gasteiger partial charge in [-0.2, -0.15) is 0 Å². The maximum Gasteiger partial charge on any atom is 0.257 e. The topological polar surface area (TPSA) is 49.3 Å². The summed E-state index contributed by atoms with van der Waals surface area (Å²) in [7, 11) is 0. The van der Waals surface area contributed by atoms with E-state index in [9.17, 15) is 23.1 Å². The van der Waals surface area contributed by atoms with Crippen molar-refractivity contribution in [3.63, 3.8) is 0 Å². The molecule has 2 N–H and O–H groups in total. The number of rotatable bonds is 3. The molecule has 0 saturated heterocycles. The van der Waals surface area contributed by atoms with Crippen LogP contribution in [0.2, 0.25) is 0 Å². The van der Waals surface area contributed by atoms with E-state index < -0.39 is 35.0 Å². The summed E-state index contributed by atoms with van der Waals surface area (Å²) in [5.74, 6) is -5.00. The van der Waals surface area contributed by atoms with Crippen molar-refractivity contribution in [3.8, 4) is 0 Å². The minimum Gasteiger partial charge on any atom is -0.393 e. The van der Waals surface area contributed by atoms with Crippen molar-refractivity contribution in [3.05, 3.63) is 35.1 Å². The van der Waals surface area contributed by atoms with E-state index in [4.69, 9.17) is 0 Å². The van der Waals surface area contributed by atoms with Gasteiger partial charge >= 0.3 is 0 Å². The normalized spacial score (nSPS) is 22.5. The van der Waals surface area contributed by atoms with Crippen molar-refractivity contribution in [2.24, 2.45) is 5.92 Å². The van der Waals surface area contributed by atoms with Gasteiger partial charge < -0.3 is 10.4 Å². The molecule has 1 aliphatic carbocycles. The van der Waals surface area contributed by atoms with Crippen LogP contribution in [0.5, 0.6) is 0 Å². The highest BCUT2D eigenvalue weighted by atomic mass is 19.2. The van der Waals surface area contributed by atoms with Gasteiger partial charge in [-0.1, -0.05) is 6.42 Å². The van der Waals surface area contributed by atoms with Crippen LogP contribution in [0.15, 0.2) is 12.1 Å². The van der Waals surface area contributed by atoms with Gasteiger partial charge in [0.25, 0.3) is 5.91 Å². The number of nitrogens with one attached hydrogen (secondary N) is 1. The standard InChI is InChI=1S/C13H14F3NO2/c14-8-4-5-9(15)12(16)11(8)13(19)17-6-7-2-1-3-10(7)18/h4-5,7,10,18H,1-3,6H2,(H,17,19). The minimum absolute atomic E-state index is 0.120. The summed E-state index contributed by atoms with van der Waals surface area (Å²) in [6.45, 7) is 0.120. The molecule has 0 radical (unpaired) electrons. The zero-order valence-electron chi connectivity index (χ0n) is 10.1. The van der Waals surface area contributed by atoms with Crippen LogP contribution in [0.3, 0.4) is 0 Å². The number of hydrogen-bond acceptors (Lipinski definition) is 2. The van der Waals surface area contributed by atoms with E-state index in [-0.39, 0.29) is 12.5 Å². The number of carbonyl (C=O) groups is 1. The first-order valence-corrected chi connectivity index (χ1v) is 6.10. The Morgan fingerprint density at radius 2 is 1.95 bits per heavy atom. The number of aliphatic hydroxyl groups excluding tert-OH is 1. The van der Waals surface area contributed by atoms with Gasteiger partial charge in [-0.05, 0) is 25.0 Å². The third-order valence-corrected chi connectivity index (χ3v) is 3.41. The largest absolute Gasteiger partial charge is 0.393 e. The summed E-state index contributed by atoms with van der Waals surface area (Å²) in [4.78, 5) is 11.7. The number of benzene rings is 1. The van der Waals surface area contributed by atoms with E-state index in [1.54, 1.807) is 0 Å². The number of hydrogen-bond donors (Lipinski definition) is 2. The molecule has 2 atom stereocenters. The molecular weight excluding hydrogens is 259 g/mol. The van der Waals surface area contributed by atoms with E-state index in [0.29, 0.717) is 18.6 Å². The zero-order chi connectivity index (χ0) is 14.0. The van der Waals surface area contributed by atoms with Gasteiger partial charge in [0.1, 0.15) is 11.4 Å². The Hall–Kier alpha value is -1.56. The molecule has 0 aromatic heterocycles. The number of halogens is 3. The first kappa shape index (κ1) is 13.9. The molecule has 0 spiro atoms. The predicted molar refractivity (Wildman–Crippen MR) is 62.0 cm³/mol. The van der Waals surface area contributed by atoms with Crippen LogP contribution in [0.25, 0.3) is 0 Å². The monoisotopic (exact) mass is 273 g/mol. The maximum absolute atomic E-state index is 13.4. The lowest BCUT2D eigenvalue weighted by Crippen LogP contribution is -2.33. The molecule has 0 aliphatic heterocycles. The molecule has 104 valence electrons. The minimum atomic E-state index is -1.50. The molecule has 1 saturated carbocycles. The maximum atomic E-state index is 13.4. The lowest BCUT2D eigenvalue weighted by molar-refractivity contribution is 0.0907. The Kier molecular flexibility index (Phi) is 4.09. The number of carbonyl (C=O) groups excluding carboxylic acids is 1. The number of amides is 1. The van der Waals surface area contributed by atoms with Crippen molar-refractivity contribution in [2.75, 3.05) is 6.54 Å². The van der Waals surface area contributed by atoms with Crippen molar-refractivity contribution < 1.29 is 23.1 Å². The van der Waals surface area contributed by atoms with Gasteiger partial charge in [0.05, 0.1) is 6.10 Å². The van der Waals surface area contributed by atoms with Crippen LogP contribution in [-0.2, 0) is 0 Å². The Morgan fingerprint density at radius 1 is 1.26 bits per heavy atom. The second kappa shape index (κ2) is 5.61. The van der Waals surface area contributed by atoms with Crippen molar-refractivity contribution in [1.82, 2.24) is 5.32 Å². The van der Waals surface area contributed by atoms with E-state index in [2.05, 4.69) is 5.32 Å². The molecule has 1 aliphatic rings. The van der Waals surface area contributed by atoms with Gasteiger partial charge in [0.15, 0.2) is 11.6 Å². The van der Waals surface area contributed by atoms with Crippen LogP contribution in [-0.4, -0.2) is 23.7 Å². The molecule has 2 rings (SSSR count). The summed E-state index contributed by atoms with van der Waals surface area (Å²) in [5.41, 5.74) is -0.924.